The molecule has 0 spiro atoms. The molecule has 2 aromatic rings. The number of nitrogens with zero attached hydrogens (tertiary/aromatic N) is 1. The van der Waals surface area contributed by atoms with Crippen molar-refractivity contribution in [2.24, 2.45) is 0 Å². The van der Waals surface area contributed by atoms with Gasteiger partial charge in [-0.25, -0.2) is 0 Å². The fourth-order valence-corrected chi connectivity index (χ4v) is 3.13. The van der Waals surface area contributed by atoms with Crippen molar-refractivity contribution in [3.63, 3.8) is 0 Å². The number of hydrogen-bond acceptors (Lipinski definition) is 2. The van der Waals surface area contributed by atoms with Crippen LogP contribution in [0.5, 0.6) is 5.75 Å². The van der Waals surface area contributed by atoms with E-state index >= 15 is 0 Å². The Hall–Kier alpha value is -2.21. The molecule has 1 heterocycles. The summed E-state index contributed by atoms with van der Waals surface area (Å²) in [5.41, 5.74) is 0.409. The van der Waals surface area contributed by atoms with Crippen LogP contribution in [0.4, 0.5) is 13.2 Å². The van der Waals surface area contributed by atoms with Crippen molar-refractivity contribution in [2.45, 2.75) is 38.7 Å². The van der Waals surface area contributed by atoms with E-state index in [1.54, 1.807) is 24.3 Å². The Kier molecular flexibility index (Phi) is 5.14. The van der Waals surface area contributed by atoms with Crippen LogP contribution in [0.25, 0.3) is 0 Å². The molecule has 0 aliphatic carbocycles. The molecular weight excluding hydrogens is 367 g/mol. The van der Waals surface area contributed by atoms with Gasteiger partial charge in [0.25, 0.3) is 5.91 Å². The first-order valence-corrected chi connectivity index (χ1v) is 8.55. The third kappa shape index (κ3) is 3.96. The highest BCUT2D eigenvalue weighted by atomic mass is 35.5. The summed E-state index contributed by atoms with van der Waals surface area (Å²) in [5, 5.41) is 0.508. The fourth-order valence-electron chi connectivity index (χ4n) is 2.94. The summed E-state index contributed by atoms with van der Waals surface area (Å²) in [6.07, 6.45) is -4.64. The van der Waals surface area contributed by atoms with E-state index in [9.17, 15) is 18.0 Å². The van der Waals surface area contributed by atoms with Crippen LogP contribution in [-0.2, 0) is 24.1 Å². The first-order valence-electron chi connectivity index (χ1n) is 8.18. The van der Waals surface area contributed by atoms with Crippen LogP contribution in [0.15, 0.2) is 42.5 Å². The molecule has 1 aliphatic heterocycles. The van der Waals surface area contributed by atoms with Crippen molar-refractivity contribution >= 4 is 17.5 Å². The van der Waals surface area contributed by atoms with Gasteiger partial charge in [0.1, 0.15) is 5.75 Å². The number of carbonyl (C=O) groups is 1. The first-order chi connectivity index (χ1) is 12.3. The standard InChI is InChI=1S/C19H17ClF3NO2/c1-2-16-18(25)24(11-13-9-15(20)6-7-17(13)26-16)10-12-4-3-5-14(8-12)19(21,22)23/h3-9,16H,2,10-11H2,1H3. The van der Waals surface area contributed by atoms with Gasteiger partial charge in [0.05, 0.1) is 5.56 Å². The quantitative estimate of drug-likeness (QED) is 0.741. The minimum Gasteiger partial charge on any atom is -0.480 e. The molecule has 3 rings (SSSR count). The summed E-state index contributed by atoms with van der Waals surface area (Å²) in [7, 11) is 0. The van der Waals surface area contributed by atoms with Gasteiger partial charge in [0, 0.05) is 23.7 Å². The van der Waals surface area contributed by atoms with Gasteiger partial charge in [-0.2, -0.15) is 13.2 Å². The van der Waals surface area contributed by atoms with Crippen LogP contribution < -0.4 is 4.74 Å². The second-order valence-electron chi connectivity index (χ2n) is 6.16. The van der Waals surface area contributed by atoms with Gasteiger partial charge in [-0.1, -0.05) is 30.7 Å². The average molecular weight is 384 g/mol. The highest BCUT2D eigenvalue weighted by molar-refractivity contribution is 6.30. The largest absolute Gasteiger partial charge is 0.480 e. The van der Waals surface area contributed by atoms with Crippen molar-refractivity contribution in [3.05, 3.63) is 64.2 Å². The predicted molar refractivity (Wildman–Crippen MR) is 91.9 cm³/mol. The molecule has 1 aliphatic rings. The van der Waals surface area contributed by atoms with Gasteiger partial charge in [-0.15, -0.1) is 0 Å². The normalized spacial score (nSPS) is 17.5. The highest BCUT2D eigenvalue weighted by Gasteiger charge is 2.32. The number of rotatable bonds is 3. The molecule has 0 saturated carbocycles. The van der Waals surface area contributed by atoms with Gasteiger partial charge in [0.15, 0.2) is 6.10 Å². The summed E-state index contributed by atoms with van der Waals surface area (Å²) < 4.78 is 44.6. The Morgan fingerprint density at radius 1 is 1.23 bits per heavy atom. The van der Waals surface area contributed by atoms with Crippen molar-refractivity contribution < 1.29 is 22.7 Å². The van der Waals surface area contributed by atoms with Gasteiger partial charge in [-0.3, -0.25) is 4.79 Å². The van der Waals surface area contributed by atoms with E-state index in [1.807, 2.05) is 6.92 Å². The topological polar surface area (TPSA) is 29.5 Å². The molecule has 1 amide bonds. The molecule has 0 bridgehead atoms. The van der Waals surface area contributed by atoms with Gasteiger partial charge in [0.2, 0.25) is 0 Å². The second-order valence-corrected chi connectivity index (χ2v) is 6.60. The zero-order valence-electron chi connectivity index (χ0n) is 14.0. The van der Waals surface area contributed by atoms with Crippen LogP contribution >= 0.6 is 11.6 Å². The third-order valence-electron chi connectivity index (χ3n) is 4.24. The molecular formula is C19H17ClF3NO2. The molecule has 0 fully saturated rings. The number of ether oxygens (including phenoxy) is 1. The summed E-state index contributed by atoms with van der Waals surface area (Å²) >= 11 is 6.03. The lowest BCUT2D eigenvalue weighted by Gasteiger charge is -2.23. The zero-order chi connectivity index (χ0) is 18.9. The number of carbonyl (C=O) groups excluding carboxylic acids is 1. The van der Waals surface area contributed by atoms with Crippen molar-refractivity contribution in [2.75, 3.05) is 0 Å². The Morgan fingerprint density at radius 3 is 2.69 bits per heavy atom. The monoisotopic (exact) mass is 383 g/mol. The smallest absolute Gasteiger partial charge is 0.416 e. The second kappa shape index (κ2) is 7.19. The van der Waals surface area contributed by atoms with Crippen LogP contribution in [0.1, 0.15) is 30.0 Å². The van der Waals surface area contributed by atoms with Crippen LogP contribution in [-0.4, -0.2) is 16.9 Å². The van der Waals surface area contributed by atoms with Crippen molar-refractivity contribution in [1.82, 2.24) is 4.90 Å². The molecule has 1 atom stereocenters. The zero-order valence-corrected chi connectivity index (χ0v) is 14.8. The summed E-state index contributed by atoms with van der Waals surface area (Å²) in [4.78, 5) is 14.3. The number of fused-ring (bicyclic) bond motifs is 1. The van der Waals surface area contributed by atoms with E-state index in [4.69, 9.17) is 16.3 Å². The Morgan fingerprint density at radius 2 is 2.00 bits per heavy atom. The van der Waals surface area contributed by atoms with Crippen LogP contribution in [0.2, 0.25) is 5.02 Å². The lowest BCUT2D eigenvalue weighted by Crippen LogP contribution is -2.38. The molecule has 0 N–H and O–H groups in total. The molecule has 7 heteroatoms. The van der Waals surface area contributed by atoms with E-state index < -0.39 is 17.8 Å². The molecule has 0 radical (unpaired) electrons. The minimum absolute atomic E-state index is 0.0641. The Labute approximate surface area is 154 Å². The van der Waals surface area contributed by atoms with Crippen molar-refractivity contribution in [1.29, 1.82) is 0 Å². The lowest BCUT2D eigenvalue weighted by molar-refractivity contribution is -0.139. The molecule has 0 aromatic heterocycles. The molecule has 138 valence electrons. The van der Waals surface area contributed by atoms with E-state index in [-0.39, 0.29) is 19.0 Å². The molecule has 26 heavy (non-hydrogen) atoms. The fraction of sp³-hybridized carbons (Fsp3) is 0.316. The molecule has 3 nitrogen and oxygen atoms in total. The Bertz CT molecular complexity index is 823. The van der Waals surface area contributed by atoms with Gasteiger partial charge >= 0.3 is 6.18 Å². The number of benzene rings is 2. The van der Waals surface area contributed by atoms with E-state index in [2.05, 4.69) is 0 Å². The van der Waals surface area contributed by atoms with E-state index in [0.717, 1.165) is 17.7 Å². The number of hydrogen-bond donors (Lipinski definition) is 0. The first kappa shape index (κ1) is 18.6. The number of halogens is 4. The number of alkyl halides is 3. The van der Waals surface area contributed by atoms with Crippen LogP contribution in [0, 0.1) is 0 Å². The molecule has 1 unspecified atom stereocenters. The minimum atomic E-state index is -4.42. The molecule has 2 aromatic carbocycles. The average Bonchev–Trinajstić information content (AvgIpc) is 2.71. The third-order valence-corrected chi connectivity index (χ3v) is 4.47. The van der Waals surface area contributed by atoms with Gasteiger partial charge in [-0.05, 0) is 42.3 Å². The van der Waals surface area contributed by atoms with Crippen LogP contribution in [0.3, 0.4) is 0 Å². The number of amides is 1. The molecule has 0 saturated heterocycles. The van der Waals surface area contributed by atoms with Crippen molar-refractivity contribution in [3.8, 4) is 5.75 Å². The maximum atomic E-state index is 12.9. The lowest BCUT2D eigenvalue weighted by atomic mass is 10.1. The SMILES string of the molecule is CCC1Oc2ccc(Cl)cc2CN(Cc2cccc(C(F)(F)F)c2)C1=O. The van der Waals surface area contributed by atoms with E-state index in [1.165, 1.54) is 11.0 Å². The summed E-state index contributed by atoms with van der Waals surface area (Å²) in [5.74, 6) is 0.318. The maximum Gasteiger partial charge on any atom is 0.416 e. The highest BCUT2D eigenvalue weighted by Crippen LogP contribution is 2.32. The Balaban J connectivity index is 1.92. The van der Waals surface area contributed by atoms with Gasteiger partial charge < -0.3 is 9.64 Å². The summed E-state index contributed by atoms with van der Waals surface area (Å²) in [6, 6.07) is 10.1. The summed E-state index contributed by atoms with van der Waals surface area (Å²) in [6.45, 7) is 2.11. The van der Waals surface area contributed by atoms with E-state index in [0.29, 0.717) is 22.8 Å². The maximum absolute atomic E-state index is 12.9. The predicted octanol–water partition coefficient (Wildman–Crippen LogP) is 5.06.